The molecule has 0 saturated heterocycles. The van der Waals surface area contributed by atoms with Crippen LogP contribution in [0.2, 0.25) is 0 Å². The first-order valence-electron chi connectivity index (χ1n) is 3.89. The Bertz CT molecular complexity index is 81.3. The zero-order valence-electron chi connectivity index (χ0n) is 6.53. The molecule has 0 aromatic heterocycles. The molecule has 0 aliphatic carbocycles. The summed E-state index contributed by atoms with van der Waals surface area (Å²) in [6, 6.07) is 0. The molecule has 10 heavy (non-hydrogen) atoms. The van der Waals surface area contributed by atoms with Gasteiger partial charge in [0.1, 0.15) is 5.78 Å². The average Bonchev–Trinajstić information content (AvgIpc) is 1.97. The molecule has 0 saturated carbocycles. The Hall–Kier alpha value is -0.400. The monoisotopic (exact) mass is 146 g/mol. The molecule has 0 radical (unpaired) electrons. The van der Waals surface area contributed by atoms with Crippen LogP contribution in [-0.2, 0) is 4.79 Å². The van der Waals surface area contributed by atoms with Crippen molar-refractivity contribution in [3.63, 3.8) is 0 Å². The predicted octanol–water partition coefficient (Wildman–Crippen LogP) is 2.50. The summed E-state index contributed by atoms with van der Waals surface area (Å²) in [5.74, 6) is 0.208. The molecule has 0 spiro atoms. The van der Waals surface area contributed by atoms with Crippen LogP contribution < -0.4 is 0 Å². The van der Waals surface area contributed by atoms with Crippen molar-refractivity contribution < 1.29 is 9.18 Å². The Morgan fingerprint density at radius 2 is 1.90 bits per heavy atom. The number of halogens is 1. The fraction of sp³-hybridized carbons (Fsp3) is 0.875. The van der Waals surface area contributed by atoms with Crippen molar-refractivity contribution >= 4 is 5.78 Å². The highest BCUT2D eigenvalue weighted by atomic mass is 19.1. The van der Waals surface area contributed by atoms with Gasteiger partial charge in [-0.1, -0.05) is 13.3 Å². The number of unbranched alkanes of at least 4 members (excludes halogenated alkanes) is 1. The van der Waals surface area contributed by atoms with E-state index in [-0.39, 0.29) is 12.5 Å². The summed E-state index contributed by atoms with van der Waals surface area (Å²) < 4.78 is 11.5. The minimum Gasteiger partial charge on any atom is -0.300 e. The molecular weight excluding hydrogens is 131 g/mol. The lowest BCUT2D eigenvalue weighted by Gasteiger charge is -1.95. The lowest BCUT2D eigenvalue weighted by Crippen LogP contribution is -1.97. The summed E-state index contributed by atoms with van der Waals surface area (Å²) in [5, 5.41) is 0. The molecule has 0 aliphatic heterocycles. The van der Waals surface area contributed by atoms with Crippen LogP contribution in [0, 0.1) is 0 Å². The van der Waals surface area contributed by atoms with Crippen molar-refractivity contribution in [2.75, 3.05) is 6.67 Å². The molecule has 0 rings (SSSR count). The second-order valence-electron chi connectivity index (χ2n) is 2.43. The van der Waals surface area contributed by atoms with Gasteiger partial charge in [-0.3, -0.25) is 9.18 Å². The van der Waals surface area contributed by atoms with Crippen molar-refractivity contribution in [1.29, 1.82) is 0 Å². The van der Waals surface area contributed by atoms with Crippen LogP contribution in [0.3, 0.4) is 0 Å². The van der Waals surface area contributed by atoms with Gasteiger partial charge < -0.3 is 0 Å². The number of Topliss-reactive ketones (excluding diaryl/α,β-unsaturated/α-hetero) is 1. The molecule has 0 heterocycles. The average molecular weight is 146 g/mol. The van der Waals surface area contributed by atoms with Crippen LogP contribution >= 0.6 is 0 Å². The SMILES string of the molecule is CCCCC(=O)CCCF. The van der Waals surface area contributed by atoms with E-state index in [1.807, 2.05) is 6.92 Å². The minimum absolute atomic E-state index is 0.208. The zero-order chi connectivity index (χ0) is 7.82. The third kappa shape index (κ3) is 5.73. The maximum Gasteiger partial charge on any atom is 0.133 e. The van der Waals surface area contributed by atoms with Crippen LogP contribution in [-0.4, -0.2) is 12.5 Å². The van der Waals surface area contributed by atoms with Crippen molar-refractivity contribution in [3.8, 4) is 0 Å². The quantitative estimate of drug-likeness (QED) is 0.562. The second-order valence-corrected chi connectivity index (χ2v) is 2.43. The van der Waals surface area contributed by atoms with E-state index in [0.717, 1.165) is 12.8 Å². The Morgan fingerprint density at radius 1 is 1.30 bits per heavy atom. The Labute approximate surface area is 61.6 Å². The molecule has 0 amide bonds. The first-order valence-corrected chi connectivity index (χ1v) is 3.89. The molecule has 0 unspecified atom stereocenters. The first kappa shape index (κ1) is 9.60. The van der Waals surface area contributed by atoms with Crippen LogP contribution in [0.1, 0.15) is 39.0 Å². The van der Waals surface area contributed by atoms with E-state index in [1.165, 1.54) is 0 Å². The number of ketones is 1. The third-order valence-corrected chi connectivity index (χ3v) is 1.40. The Kier molecular flexibility index (Phi) is 6.45. The highest BCUT2D eigenvalue weighted by Crippen LogP contribution is 2.00. The number of rotatable bonds is 6. The standard InChI is InChI=1S/C8H15FO/c1-2-3-5-8(10)6-4-7-9/h2-7H2,1H3. The number of hydrogen-bond acceptors (Lipinski definition) is 1. The van der Waals surface area contributed by atoms with Crippen LogP contribution in [0.25, 0.3) is 0 Å². The fourth-order valence-corrected chi connectivity index (χ4v) is 0.763. The van der Waals surface area contributed by atoms with E-state index in [1.54, 1.807) is 0 Å². The molecule has 0 fully saturated rings. The number of alkyl halides is 1. The third-order valence-electron chi connectivity index (χ3n) is 1.40. The van der Waals surface area contributed by atoms with Gasteiger partial charge in [0.05, 0.1) is 6.67 Å². The molecule has 60 valence electrons. The Morgan fingerprint density at radius 3 is 2.40 bits per heavy atom. The van der Waals surface area contributed by atoms with Gasteiger partial charge in [-0.25, -0.2) is 0 Å². The summed E-state index contributed by atoms with van der Waals surface area (Å²) in [5.41, 5.74) is 0. The lowest BCUT2D eigenvalue weighted by atomic mass is 10.1. The Balaban J connectivity index is 3.09. The molecule has 0 atom stereocenters. The van der Waals surface area contributed by atoms with Gasteiger partial charge in [0, 0.05) is 12.8 Å². The van der Waals surface area contributed by atoms with Gasteiger partial charge in [0.2, 0.25) is 0 Å². The highest BCUT2D eigenvalue weighted by molar-refractivity contribution is 5.78. The molecule has 0 aromatic rings. The summed E-state index contributed by atoms with van der Waals surface area (Å²) in [7, 11) is 0. The number of carbonyl (C=O) groups is 1. The predicted molar refractivity (Wildman–Crippen MR) is 39.7 cm³/mol. The van der Waals surface area contributed by atoms with E-state index in [9.17, 15) is 9.18 Å². The largest absolute Gasteiger partial charge is 0.300 e. The van der Waals surface area contributed by atoms with E-state index in [0.29, 0.717) is 19.3 Å². The van der Waals surface area contributed by atoms with E-state index < -0.39 is 0 Å². The topological polar surface area (TPSA) is 17.1 Å². The summed E-state index contributed by atoms with van der Waals surface area (Å²) in [4.78, 5) is 10.8. The normalized spacial score (nSPS) is 9.80. The van der Waals surface area contributed by atoms with Gasteiger partial charge in [0.25, 0.3) is 0 Å². The van der Waals surface area contributed by atoms with Crippen molar-refractivity contribution in [3.05, 3.63) is 0 Å². The smallest absolute Gasteiger partial charge is 0.133 e. The molecule has 1 nitrogen and oxygen atoms in total. The van der Waals surface area contributed by atoms with Gasteiger partial charge in [-0.05, 0) is 12.8 Å². The highest BCUT2D eigenvalue weighted by Gasteiger charge is 1.99. The maximum absolute atomic E-state index is 11.5. The van der Waals surface area contributed by atoms with Crippen molar-refractivity contribution in [1.82, 2.24) is 0 Å². The summed E-state index contributed by atoms with van der Waals surface area (Å²) in [6.07, 6.45) is 3.46. The van der Waals surface area contributed by atoms with Crippen molar-refractivity contribution in [2.45, 2.75) is 39.0 Å². The van der Waals surface area contributed by atoms with Crippen LogP contribution in [0.15, 0.2) is 0 Å². The molecule has 0 aromatic carbocycles. The minimum atomic E-state index is -0.363. The van der Waals surface area contributed by atoms with Crippen LogP contribution in [0.4, 0.5) is 4.39 Å². The zero-order valence-corrected chi connectivity index (χ0v) is 6.53. The summed E-state index contributed by atoms with van der Waals surface area (Å²) >= 11 is 0. The fourth-order valence-electron chi connectivity index (χ4n) is 0.763. The first-order chi connectivity index (χ1) is 4.81. The molecule has 2 heteroatoms. The molecule has 0 N–H and O–H groups in total. The van der Waals surface area contributed by atoms with Gasteiger partial charge in [0.15, 0.2) is 0 Å². The van der Waals surface area contributed by atoms with E-state index in [2.05, 4.69) is 0 Å². The second kappa shape index (κ2) is 6.72. The molecule has 0 bridgehead atoms. The van der Waals surface area contributed by atoms with E-state index in [4.69, 9.17) is 0 Å². The molecule has 0 aliphatic rings. The van der Waals surface area contributed by atoms with Gasteiger partial charge in [-0.2, -0.15) is 0 Å². The van der Waals surface area contributed by atoms with Crippen LogP contribution in [0.5, 0.6) is 0 Å². The van der Waals surface area contributed by atoms with E-state index >= 15 is 0 Å². The number of hydrogen-bond donors (Lipinski definition) is 0. The maximum atomic E-state index is 11.5. The number of carbonyl (C=O) groups excluding carboxylic acids is 1. The molecular formula is C8H15FO. The summed E-state index contributed by atoms with van der Waals surface area (Å²) in [6.45, 7) is 1.68. The lowest BCUT2D eigenvalue weighted by molar-refractivity contribution is -0.119. The van der Waals surface area contributed by atoms with Gasteiger partial charge in [-0.15, -0.1) is 0 Å². The van der Waals surface area contributed by atoms with Crippen molar-refractivity contribution in [2.24, 2.45) is 0 Å². The van der Waals surface area contributed by atoms with Gasteiger partial charge >= 0.3 is 0 Å².